The van der Waals surface area contributed by atoms with Crippen LogP contribution in [0.15, 0.2) is 36.4 Å². The molecule has 4 nitrogen and oxygen atoms in total. The molecule has 0 aliphatic heterocycles. The van der Waals surface area contributed by atoms with Gasteiger partial charge < -0.3 is 0 Å². The van der Waals surface area contributed by atoms with E-state index in [1.165, 1.54) is 7.11 Å². The van der Waals surface area contributed by atoms with Gasteiger partial charge in [0.1, 0.15) is 0 Å². The monoisotopic (exact) mass is 431 g/mol. The summed E-state index contributed by atoms with van der Waals surface area (Å²) in [6.45, 7) is 3.99. The summed E-state index contributed by atoms with van der Waals surface area (Å²) >= 11 is 2.27. The maximum absolute atomic E-state index is 12.0. The van der Waals surface area contributed by atoms with Crippen molar-refractivity contribution in [2.75, 3.05) is 17.8 Å². The summed E-state index contributed by atoms with van der Waals surface area (Å²) in [5.41, 5.74) is 4.51. The van der Waals surface area contributed by atoms with Crippen molar-refractivity contribution in [2.24, 2.45) is 0 Å². The Hall–Kier alpha value is -1.12. The second-order valence-electron chi connectivity index (χ2n) is 5.07. The first-order chi connectivity index (χ1) is 10.3. The second kappa shape index (κ2) is 6.55. The highest BCUT2D eigenvalue weighted by Crippen LogP contribution is 2.39. The molecule has 0 radical (unpaired) electrons. The molecule has 0 aliphatic carbocycles. The highest BCUT2D eigenvalue weighted by molar-refractivity contribution is 14.1. The van der Waals surface area contributed by atoms with Crippen molar-refractivity contribution in [3.05, 3.63) is 51.1 Å². The lowest BCUT2D eigenvalue weighted by atomic mass is 9.95. The van der Waals surface area contributed by atoms with E-state index in [0.29, 0.717) is 5.69 Å². The predicted molar refractivity (Wildman–Crippen MR) is 98.4 cm³/mol. The minimum absolute atomic E-state index is 0.525. The number of hydrogen-bond donors (Lipinski definition) is 0. The van der Waals surface area contributed by atoms with Crippen LogP contribution in [-0.2, 0) is 14.9 Å². The number of aryl methyl sites for hydroxylation is 2. The Balaban J connectivity index is 2.83. The van der Waals surface area contributed by atoms with Crippen molar-refractivity contribution >= 4 is 38.3 Å². The van der Waals surface area contributed by atoms with Crippen LogP contribution in [0, 0.1) is 17.4 Å². The van der Waals surface area contributed by atoms with Gasteiger partial charge in [0.25, 0.3) is 10.0 Å². The number of hydrogen-bond acceptors (Lipinski definition) is 3. The number of rotatable bonds is 4. The van der Waals surface area contributed by atoms with Gasteiger partial charge in [0.2, 0.25) is 0 Å². The minimum Gasteiger partial charge on any atom is -0.262 e. The maximum Gasteiger partial charge on any atom is 0.254 e. The summed E-state index contributed by atoms with van der Waals surface area (Å²) in [6.07, 6.45) is 1.13. The lowest BCUT2D eigenvalue weighted by molar-refractivity contribution is 0.217. The van der Waals surface area contributed by atoms with E-state index in [4.69, 9.17) is 4.84 Å². The first-order valence-electron chi connectivity index (χ1n) is 6.67. The van der Waals surface area contributed by atoms with Gasteiger partial charge in [0.05, 0.1) is 19.1 Å². The van der Waals surface area contributed by atoms with Crippen LogP contribution >= 0.6 is 22.6 Å². The van der Waals surface area contributed by atoms with Gasteiger partial charge >= 0.3 is 0 Å². The van der Waals surface area contributed by atoms with Crippen LogP contribution in [-0.4, -0.2) is 21.8 Å². The van der Waals surface area contributed by atoms with Gasteiger partial charge in [-0.25, -0.2) is 8.42 Å². The Bertz CT molecular complexity index is 783. The second-order valence-corrected chi connectivity index (χ2v) is 8.03. The summed E-state index contributed by atoms with van der Waals surface area (Å²) in [5.74, 6) is 0. The molecule has 0 bridgehead atoms. The molecule has 0 saturated heterocycles. The zero-order chi connectivity index (χ0) is 16.5. The molecular weight excluding hydrogens is 413 g/mol. The molecule has 118 valence electrons. The fourth-order valence-corrected chi connectivity index (χ4v) is 4.17. The molecule has 2 aromatic rings. The molecular formula is C16H18INO3S. The van der Waals surface area contributed by atoms with Crippen LogP contribution in [0.2, 0.25) is 0 Å². The molecule has 2 aromatic carbocycles. The normalized spacial score (nSPS) is 11.5. The van der Waals surface area contributed by atoms with E-state index in [-0.39, 0.29) is 0 Å². The van der Waals surface area contributed by atoms with Crippen LogP contribution in [0.3, 0.4) is 0 Å². The number of sulfonamides is 1. The first kappa shape index (κ1) is 17.2. The Morgan fingerprint density at radius 1 is 1.00 bits per heavy atom. The predicted octanol–water partition coefficient (Wildman–Crippen LogP) is 3.90. The quantitative estimate of drug-likeness (QED) is 0.545. The third-order valence-electron chi connectivity index (χ3n) is 3.39. The van der Waals surface area contributed by atoms with Gasteiger partial charge in [-0.2, -0.15) is 0 Å². The largest absolute Gasteiger partial charge is 0.262 e. The number of benzene rings is 2. The lowest BCUT2D eigenvalue weighted by Gasteiger charge is -2.24. The van der Waals surface area contributed by atoms with Crippen LogP contribution in [0.4, 0.5) is 5.69 Å². The summed E-state index contributed by atoms with van der Waals surface area (Å²) in [7, 11) is -2.18. The van der Waals surface area contributed by atoms with E-state index in [1.54, 1.807) is 6.07 Å². The summed E-state index contributed by atoms with van der Waals surface area (Å²) in [6, 6.07) is 11.6. The molecule has 0 amide bonds. The van der Waals surface area contributed by atoms with E-state index in [2.05, 4.69) is 22.6 Å². The van der Waals surface area contributed by atoms with Gasteiger partial charge in [-0.05, 0) is 59.7 Å². The molecule has 0 fully saturated rings. The van der Waals surface area contributed by atoms with E-state index in [0.717, 1.165) is 36.5 Å². The van der Waals surface area contributed by atoms with Crippen LogP contribution in [0.5, 0.6) is 0 Å². The average Bonchev–Trinajstić information content (AvgIpc) is 2.40. The average molecular weight is 431 g/mol. The van der Waals surface area contributed by atoms with Crippen molar-refractivity contribution in [3.8, 4) is 11.1 Å². The molecule has 0 unspecified atom stereocenters. The maximum atomic E-state index is 12.0. The summed E-state index contributed by atoms with van der Waals surface area (Å²) in [5, 5.41) is 0. The molecule has 0 heterocycles. The number of halogens is 1. The van der Waals surface area contributed by atoms with Gasteiger partial charge in [0.15, 0.2) is 0 Å². The van der Waals surface area contributed by atoms with E-state index < -0.39 is 10.0 Å². The lowest BCUT2D eigenvalue weighted by Crippen LogP contribution is -2.29. The third-order valence-corrected chi connectivity index (χ3v) is 5.23. The zero-order valence-electron chi connectivity index (χ0n) is 12.9. The Morgan fingerprint density at radius 2 is 1.55 bits per heavy atom. The molecule has 6 heteroatoms. The van der Waals surface area contributed by atoms with E-state index in [9.17, 15) is 8.42 Å². The highest BCUT2D eigenvalue weighted by Gasteiger charge is 2.23. The van der Waals surface area contributed by atoms with Crippen molar-refractivity contribution < 1.29 is 13.3 Å². The van der Waals surface area contributed by atoms with E-state index in [1.807, 2.05) is 44.2 Å². The standard InChI is InChI=1S/C16H18INO3S/c1-11-7-5-9-13(17)15(11)16-12(2)8-6-10-14(16)18(21-3)22(4,19)20/h5-10H,1-4H3. The van der Waals surface area contributed by atoms with Crippen LogP contribution in [0.1, 0.15) is 11.1 Å². The van der Waals surface area contributed by atoms with Gasteiger partial charge in [-0.3, -0.25) is 4.84 Å². The van der Waals surface area contributed by atoms with Crippen molar-refractivity contribution in [2.45, 2.75) is 13.8 Å². The molecule has 22 heavy (non-hydrogen) atoms. The molecule has 0 spiro atoms. The van der Waals surface area contributed by atoms with Crippen molar-refractivity contribution in [1.82, 2.24) is 0 Å². The topological polar surface area (TPSA) is 46.6 Å². The Labute approximate surface area is 145 Å². The molecule has 2 rings (SSSR count). The molecule has 0 aromatic heterocycles. The smallest absolute Gasteiger partial charge is 0.254 e. The number of anilines is 1. The van der Waals surface area contributed by atoms with Crippen molar-refractivity contribution in [1.29, 1.82) is 0 Å². The van der Waals surface area contributed by atoms with Crippen LogP contribution < -0.4 is 4.47 Å². The first-order valence-corrected chi connectivity index (χ1v) is 9.59. The van der Waals surface area contributed by atoms with Crippen molar-refractivity contribution in [3.63, 3.8) is 0 Å². The SMILES string of the molecule is CON(c1cccc(C)c1-c1c(C)cccc1I)S(C)(=O)=O. The Kier molecular flexibility index (Phi) is 5.14. The molecule has 0 N–H and O–H groups in total. The highest BCUT2D eigenvalue weighted by atomic mass is 127. The van der Waals surface area contributed by atoms with Crippen LogP contribution in [0.25, 0.3) is 11.1 Å². The van der Waals surface area contributed by atoms with Gasteiger partial charge in [-0.15, -0.1) is 4.47 Å². The molecule has 0 saturated carbocycles. The fraction of sp³-hybridized carbons (Fsp3) is 0.250. The minimum atomic E-state index is -3.53. The third kappa shape index (κ3) is 3.28. The summed E-state index contributed by atoms with van der Waals surface area (Å²) in [4.78, 5) is 5.14. The Morgan fingerprint density at radius 3 is 2.05 bits per heavy atom. The van der Waals surface area contributed by atoms with Gasteiger partial charge in [0, 0.05) is 14.7 Å². The zero-order valence-corrected chi connectivity index (χ0v) is 15.9. The summed E-state index contributed by atoms with van der Waals surface area (Å²) < 4.78 is 26.1. The fourth-order valence-electron chi connectivity index (χ4n) is 2.49. The molecule has 0 aliphatic rings. The van der Waals surface area contributed by atoms with Gasteiger partial charge in [-0.1, -0.05) is 24.3 Å². The number of nitrogens with zero attached hydrogens (tertiary/aromatic N) is 1. The molecule has 0 atom stereocenters. The van der Waals surface area contributed by atoms with E-state index >= 15 is 0 Å².